The molecule has 27 heavy (non-hydrogen) atoms. The zero-order chi connectivity index (χ0) is 18.4. The number of phenols is 2. The average Bonchev–Trinajstić information content (AvgIpc) is 3.06. The molecule has 0 heterocycles. The largest absolute Gasteiger partial charge is 0.508 e. The predicted octanol–water partition coefficient (Wildman–Crippen LogP) is 6.00. The minimum Gasteiger partial charge on any atom is -0.508 e. The maximum absolute atomic E-state index is 9.68. The maximum atomic E-state index is 9.68. The Hall–Kier alpha value is -3.52. The van der Waals surface area contributed by atoms with Crippen molar-refractivity contribution in [2.24, 2.45) is 0 Å². The SMILES string of the molecule is Oc1ccc(-c2cc3c(cc2-c2ccc(O)cc2)-c2ccccc2C3)cc1. The molecule has 2 heteroatoms. The maximum Gasteiger partial charge on any atom is 0.115 e. The van der Waals surface area contributed by atoms with E-state index in [9.17, 15) is 10.2 Å². The van der Waals surface area contributed by atoms with E-state index in [-0.39, 0.29) is 11.5 Å². The molecule has 2 nitrogen and oxygen atoms in total. The molecule has 0 spiro atoms. The van der Waals surface area contributed by atoms with Crippen molar-refractivity contribution in [1.82, 2.24) is 0 Å². The summed E-state index contributed by atoms with van der Waals surface area (Å²) in [5.74, 6) is 0.523. The Balaban J connectivity index is 1.76. The minimum absolute atomic E-state index is 0.261. The molecular formula is C25H18O2. The smallest absolute Gasteiger partial charge is 0.115 e. The molecule has 0 saturated heterocycles. The van der Waals surface area contributed by atoms with Crippen LogP contribution in [0.15, 0.2) is 84.9 Å². The topological polar surface area (TPSA) is 40.5 Å². The summed E-state index contributed by atoms with van der Waals surface area (Å²) in [6.07, 6.45) is 0.937. The molecule has 1 aliphatic carbocycles. The molecule has 4 aromatic carbocycles. The number of benzene rings is 4. The van der Waals surface area contributed by atoms with Crippen molar-refractivity contribution in [3.8, 4) is 44.9 Å². The Morgan fingerprint density at radius 1 is 0.481 bits per heavy atom. The molecule has 1 aliphatic rings. The number of hydrogen-bond donors (Lipinski definition) is 2. The summed E-state index contributed by atoms with van der Waals surface area (Å²) in [7, 11) is 0. The van der Waals surface area contributed by atoms with Crippen LogP contribution in [-0.4, -0.2) is 10.2 Å². The first-order valence-corrected chi connectivity index (χ1v) is 9.03. The molecular weight excluding hydrogens is 332 g/mol. The second kappa shape index (κ2) is 6.03. The van der Waals surface area contributed by atoms with Crippen molar-refractivity contribution in [1.29, 1.82) is 0 Å². The van der Waals surface area contributed by atoms with Gasteiger partial charge in [-0.15, -0.1) is 0 Å². The third-order valence-electron chi connectivity index (χ3n) is 5.29. The first-order valence-electron chi connectivity index (χ1n) is 9.03. The summed E-state index contributed by atoms with van der Waals surface area (Å²) in [5, 5.41) is 19.3. The molecule has 0 aliphatic heterocycles. The van der Waals surface area contributed by atoms with E-state index in [1.54, 1.807) is 24.3 Å². The monoisotopic (exact) mass is 350 g/mol. The highest BCUT2D eigenvalue weighted by Crippen LogP contribution is 2.43. The van der Waals surface area contributed by atoms with Crippen molar-refractivity contribution in [2.45, 2.75) is 6.42 Å². The number of rotatable bonds is 2. The summed E-state index contributed by atoms with van der Waals surface area (Å²) in [5.41, 5.74) is 9.62. The van der Waals surface area contributed by atoms with Crippen molar-refractivity contribution in [2.75, 3.05) is 0 Å². The van der Waals surface area contributed by atoms with Crippen LogP contribution in [0.2, 0.25) is 0 Å². The number of aromatic hydroxyl groups is 2. The first-order chi connectivity index (χ1) is 13.2. The van der Waals surface area contributed by atoms with Gasteiger partial charge in [0.05, 0.1) is 0 Å². The molecule has 0 saturated carbocycles. The lowest BCUT2D eigenvalue weighted by Gasteiger charge is -2.14. The lowest BCUT2D eigenvalue weighted by Crippen LogP contribution is -1.90. The van der Waals surface area contributed by atoms with E-state index in [4.69, 9.17) is 0 Å². The molecule has 0 fully saturated rings. The van der Waals surface area contributed by atoms with Crippen LogP contribution in [0.4, 0.5) is 0 Å². The zero-order valence-corrected chi connectivity index (χ0v) is 14.7. The Bertz CT molecular complexity index is 1140. The van der Waals surface area contributed by atoms with E-state index in [1.807, 2.05) is 24.3 Å². The second-order valence-electron chi connectivity index (χ2n) is 6.98. The van der Waals surface area contributed by atoms with E-state index < -0.39 is 0 Å². The minimum atomic E-state index is 0.261. The standard InChI is InChI=1S/C25H18O2/c26-20-9-5-16(6-10-20)23-14-19-13-18-3-1-2-4-22(18)25(19)15-24(23)17-7-11-21(27)12-8-17/h1-12,14-15,26-27H,13H2. The Morgan fingerprint density at radius 2 is 1.04 bits per heavy atom. The van der Waals surface area contributed by atoms with E-state index in [0.29, 0.717) is 0 Å². The molecule has 4 aromatic rings. The predicted molar refractivity (Wildman–Crippen MR) is 109 cm³/mol. The first kappa shape index (κ1) is 15.7. The van der Waals surface area contributed by atoms with Gasteiger partial charge in [0.15, 0.2) is 0 Å². The number of hydrogen-bond acceptors (Lipinski definition) is 2. The van der Waals surface area contributed by atoms with E-state index in [2.05, 4.69) is 36.4 Å². The number of fused-ring (bicyclic) bond motifs is 3. The van der Waals surface area contributed by atoms with Crippen LogP contribution < -0.4 is 0 Å². The van der Waals surface area contributed by atoms with Crippen molar-refractivity contribution >= 4 is 0 Å². The Labute approximate surface area is 158 Å². The van der Waals surface area contributed by atoms with Gasteiger partial charge in [-0.1, -0.05) is 48.5 Å². The quantitative estimate of drug-likeness (QED) is 0.410. The van der Waals surface area contributed by atoms with Gasteiger partial charge in [0, 0.05) is 0 Å². The second-order valence-corrected chi connectivity index (χ2v) is 6.98. The van der Waals surface area contributed by atoms with Gasteiger partial charge >= 0.3 is 0 Å². The lowest BCUT2D eigenvalue weighted by molar-refractivity contribution is 0.475. The average molecular weight is 350 g/mol. The molecule has 0 atom stereocenters. The fraction of sp³-hybridized carbons (Fsp3) is 0.0400. The highest BCUT2D eigenvalue weighted by Gasteiger charge is 2.21. The van der Waals surface area contributed by atoms with Crippen LogP contribution in [0.3, 0.4) is 0 Å². The van der Waals surface area contributed by atoms with E-state index in [0.717, 1.165) is 28.7 Å². The summed E-state index contributed by atoms with van der Waals surface area (Å²) in [6.45, 7) is 0. The van der Waals surface area contributed by atoms with Gasteiger partial charge in [0.25, 0.3) is 0 Å². The normalized spacial score (nSPS) is 11.9. The summed E-state index contributed by atoms with van der Waals surface area (Å²) in [4.78, 5) is 0. The fourth-order valence-electron chi connectivity index (χ4n) is 3.94. The van der Waals surface area contributed by atoms with E-state index in [1.165, 1.54) is 22.3 Å². The fourth-order valence-corrected chi connectivity index (χ4v) is 3.94. The van der Waals surface area contributed by atoms with Gasteiger partial charge in [-0.25, -0.2) is 0 Å². The van der Waals surface area contributed by atoms with Crippen LogP contribution in [0, 0.1) is 0 Å². The van der Waals surface area contributed by atoms with Crippen molar-refractivity contribution < 1.29 is 10.2 Å². The molecule has 0 bridgehead atoms. The Morgan fingerprint density at radius 3 is 1.67 bits per heavy atom. The van der Waals surface area contributed by atoms with Crippen LogP contribution in [-0.2, 0) is 6.42 Å². The third-order valence-corrected chi connectivity index (χ3v) is 5.29. The lowest BCUT2D eigenvalue weighted by atomic mass is 9.90. The van der Waals surface area contributed by atoms with Gasteiger partial charge < -0.3 is 10.2 Å². The summed E-state index contributed by atoms with van der Waals surface area (Å²) >= 11 is 0. The highest BCUT2D eigenvalue weighted by atomic mass is 16.3. The third kappa shape index (κ3) is 2.67. The van der Waals surface area contributed by atoms with Crippen molar-refractivity contribution in [3.63, 3.8) is 0 Å². The Kier molecular flexibility index (Phi) is 3.51. The van der Waals surface area contributed by atoms with Gasteiger partial charge in [-0.05, 0) is 87.3 Å². The summed E-state index contributed by atoms with van der Waals surface area (Å²) in [6, 6.07) is 27.7. The molecule has 5 rings (SSSR count). The van der Waals surface area contributed by atoms with Crippen LogP contribution in [0.5, 0.6) is 11.5 Å². The van der Waals surface area contributed by atoms with Gasteiger partial charge in [-0.2, -0.15) is 0 Å². The van der Waals surface area contributed by atoms with Crippen LogP contribution in [0.1, 0.15) is 11.1 Å². The molecule has 0 radical (unpaired) electrons. The highest BCUT2D eigenvalue weighted by molar-refractivity contribution is 5.91. The number of phenolic OH excluding ortho intramolecular Hbond substituents is 2. The van der Waals surface area contributed by atoms with Crippen molar-refractivity contribution in [3.05, 3.63) is 96.1 Å². The molecule has 0 aromatic heterocycles. The molecule has 2 N–H and O–H groups in total. The molecule has 130 valence electrons. The van der Waals surface area contributed by atoms with Gasteiger partial charge in [0.1, 0.15) is 11.5 Å². The van der Waals surface area contributed by atoms with E-state index >= 15 is 0 Å². The molecule has 0 unspecified atom stereocenters. The molecule has 0 amide bonds. The summed E-state index contributed by atoms with van der Waals surface area (Å²) < 4.78 is 0. The van der Waals surface area contributed by atoms with Crippen LogP contribution in [0.25, 0.3) is 33.4 Å². The van der Waals surface area contributed by atoms with Crippen LogP contribution >= 0.6 is 0 Å². The zero-order valence-electron chi connectivity index (χ0n) is 14.7. The van der Waals surface area contributed by atoms with Gasteiger partial charge in [-0.3, -0.25) is 0 Å². The van der Waals surface area contributed by atoms with Gasteiger partial charge in [0.2, 0.25) is 0 Å².